The van der Waals surface area contributed by atoms with Crippen LogP contribution in [0.2, 0.25) is 0 Å². The van der Waals surface area contributed by atoms with Gasteiger partial charge in [-0.15, -0.1) is 0 Å². The Morgan fingerprint density at radius 1 is 0.404 bits per heavy atom. The molecule has 12 nitrogen and oxygen atoms in total. The molecule has 14 rings (SSSR count). The summed E-state index contributed by atoms with van der Waals surface area (Å²) in [4.78, 5) is 50.9. The maximum absolute atomic E-state index is 12.7. The third-order valence-corrected chi connectivity index (χ3v) is 8.22. The van der Waals surface area contributed by atoms with Crippen LogP contribution in [-0.2, 0) is 31.8 Å². The molecule has 0 saturated carbocycles. The zero-order chi connectivity index (χ0) is 37.0. The van der Waals surface area contributed by atoms with Crippen molar-refractivity contribution in [2.45, 2.75) is 25.7 Å². The Labute approximate surface area is 301 Å². The van der Waals surface area contributed by atoms with Gasteiger partial charge in [0.1, 0.15) is 45.3 Å². The molecule has 52 heavy (non-hydrogen) atoms. The first-order valence-electron chi connectivity index (χ1n) is 16.6. The van der Waals surface area contributed by atoms with Crippen LogP contribution >= 0.6 is 0 Å². The van der Waals surface area contributed by atoms with Gasteiger partial charge in [0.15, 0.2) is 0 Å². The average molecular weight is 713 g/mol. The minimum Gasteiger partial charge on any atom is -0.493 e. The predicted octanol–water partition coefficient (Wildman–Crippen LogP) is 6.02. The molecule has 0 radical (unpaired) electrons. The Bertz CT molecular complexity index is 1660. The van der Waals surface area contributed by atoms with Gasteiger partial charge in [0, 0.05) is 12.8 Å². The highest BCUT2D eigenvalue weighted by Gasteiger charge is 2.20. The second-order valence-corrected chi connectivity index (χ2v) is 11.7. The summed E-state index contributed by atoms with van der Waals surface area (Å²) in [5.41, 5.74) is 4.13. The van der Waals surface area contributed by atoms with Crippen molar-refractivity contribution in [1.82, 2.24) is 0 Å². The lowest BCUT2D eigenvalue weighted by atomic mass is 10.00. The van der Waals surface area contributed by atoms with Crippen LogP contribution in [-0.4, -0.2) is 78.7 Å². The molecule has 0 spiro atoms. The molecular formula is C40H40O12. The number of carbonyl (C=O) groups is 4. The molecule has 0 amide bonds. The van der Waals surface area contributed by atoms with Crippen molar-refractivity contribution in [3.05, 3.63) is 117 Å². The number of benzene rings is 4. The van der Waals surface area contributed by atoms with Gasteiger partial charge in [-0.25, -0.2) is 19.2 Å². The van der Waals surface area contributed by atoms with Crippen molar-refractivity contribution in [1.29, 1.82) is 0 Å². The Morgan fingerprint density at radius 3 is 0.846 bits per heavy atom. The van der Waals surface area contributed by atoms with E-state index in [9.17, 15) is 19.2 Å². The highest BCUT2D eigenvalue weighted by molar-refractivity contribution is 5.94. The number of hydrogen-bond acceptors (Lipinski definition) is 12. The van der Waals surface area contributed by atoms with Crippen LogP contribution in [0.4, 0.5) is 0 Å². The predicted molar refractivity (Wildman–Crippen MR) is 188 cm³/mol. The van der Waals surface area contributed by atoms with Crippen LogP contribution in [0.5, 0.6) is 23.0 Å². The lowest BCUT2D eigenvalue weighted by Gasteiger charge is -2.16. The summed E-state index contributed by atoms with van der Waals surface area (Å²) in [5.74, 6) is -0.868. The fourth-order valence-electron chi connectivity index (χ4n) is 5.65. The third kappa shape index (κ3) is 9.19. The van der Waals surface area contributed by atoms with Crippen molar-refractivity contribution in [3.8, 4) is 23.0 Å². The molecule has 12 heteroatoms. The number of carbonyl (C=O) groups excluding carboxylic acids is 4. The standard InChI is InChI=1S/C40H40O12/c1-45-37(41)29-21-25-7-11-33(29)49-15-5-16-50-35-13-9-27(23-31(35)39(43)47-3)20-28-10-14-36(32(24-28)40(44)48-4)52-18-6-17-51-34-12-8-26(19-25)22-30(34)38(42)46-2/h7-14,21-24H,5-6,15-20H2,1-4H3. The van der Waals surface area contributed by atoms with E-state index >= 15 is 0 Å². The van der Waals surface area contributed by atoms with E-state index in [0.717, 1.165) is 22.3 Å². The van der Waals surface area contributed by atoms with Crippen LogP contribution < -0.4 is 18.9 Å². The fourth-order valence-corrected chi connectivity index (χ4v) is 5.65. The zero-order valence-corrected chi connectivity index (χ0v) is 29.5. The smallest absolute Gasteiger partial charge is 0.341 e. The van der Waals surface area contributed by atoms with E-state index < -0.39 is 23.9 Å². The van der Waals surface area contributed by atoms with Gasteiger partial charge < -0.3 is 37.9 Å². The van der Waals surface area contributed by atoms with E-state index in [2.05, 4.69) is 0 Å². The average Bonchev–Trinajstić information content (AvgIpc) is 3.17. The number of hydrogen-bond donors (Lipinski definition) is 0. The Kier molecular flexibility index (Phi) is 12.7. The van der Waals surface area contributed by atoms with Crippen molar-refractivity contribution in [2.24, 2.45) is 0 Å². The van der Waals surface area contributed by atoms with E-state index in [1.54, 1.807) is 48.5 Å². The van der Waals surface area contributed by atoms with Gasteiger partial charge in [-0.1, -0.05) is 24.3 Å². The molecular weight excluding hydrogens is 672 g/mol. The van der Waals surface area contributed by atoms with Crippen LogP contribution in [0.15, 0.2) is 72.8 Å². The fraction of sp³-hybridized carbons (Fsp3) is 0.300. The summed E-state index contributed by atoms with van der Waals surface area (Å²) in [7, 11) is 5.19. The lowest BCUT2D eigenvalue weighted by molar-refractivity contribution is 0.0585. The minimum absolute atomic E-state index is 0.209. The molecule has 10 aliphatic rings. The van der Waals surface area contributed by atoms with Gasteiger partial charge >= 0.3 is 23.9 Å². The van der Waals surface area contributed by atoms with Crippen LogP contribution in [0.25, 0.3) is 0 Å². The van der Waals surface area contributed by atoms with Crippen molar-refractivity contribution in [2.75, 3.05) is 54.9 Å². The van der Waals surface area contributed by atoms with Gasteiger partial charge in [-0.2, -0.15) is 0 Å². The first-order valence-corrected chi connectivity index (χ1v) is 16.6. The molecule has 10 heterocycles. The molecule has 4 aromatic carbocycles. The topological polar surface area (TPSA) is 142 Å². The van der Waals surface area contributed by atoms with Crippen LogP contribution in [0, 0.1) is 0 Å². The molecule has 0 aromatic heterocycles. The van der Waals surface area contributed by atoms with Crippen molar-refractivity contribution < 1.29 is 57.1 Å². The molecule has 0 unspecified atom stereocenters. The molecule has 0 fully saturated rings. The van der Waals surface area contributed by atoms with E-state index in [-0.39, 0.29) is 48.7 Å². The van der Waals surface area contributed by atoms with E-state index in [4.69, 9.17) is 37.9 Å². The van der Waals surface area contributed by atoms with E-state index in [1.807, 2.05) is 24.3 Å². The third-order valence-electron chi connectivity index (χ3n) is 8.22. The summed E-state index contributed by atoms with van der Waals surface area (Å²) in [6, 6.07) is 20.9. The first-order chi connectivity index (χ1) is 25.2. The van der Waals surface area contributed by atoms with Gasteiger partial charge in [-0.3, -0.25) is 0 Å². The highest BCUT2D eigenvalue weighted by atomic mass is 16.5. The molecule has 0 atom stereocenters. The van der Waals surface area contributed by atoms with Crippen molar-refractivity contribution in [3.63, 3.8) is 0 Å². The maximum Gasteiger partial charge on any atom is 0.341 e. The number of esters is 4. The summed E-state index contributed by atoms with van der Waals surface area (Å²) in [6.45, 7) is 0.838. The maximum atomic E-state index is 12.7. The second kappa shape index (κ2) is 17.8. The number of rotatable bonds is 4. The first kappa shape index (κ1) is 37.2. The molecule has 0 N–H and O–H groups in total. The summed E-state index contributed by atoms with van der Waals surface area (Å²) in [6.07, 6.45) is 1.64. The lowest BCUT2D eigenvalue weighted by Crippen LogP contribution is -2.12. The summed E-state index contributed by atoms with van der Waals surface area (Å²) < 4.78 is 43.9. The SMILES string of the molecule is COC(=O)c1cc2ccc1OCCCOc1ccc(cc1C(=O)OC)Cc1ccc(c(C(=O)OC)c1)OCCCOc1ccc(cc1C(=O)OC)C2. The summed E-state index contributed by atoms with van der Waals surface area (Å²) in [5, 5.41) is 0. The molecule has 4 aromatic rings. The van der Waals surface area contributed by atoms with Gasteiger partial charge in [-0.05, 0) is 83.6 Å². The zero-order valence-electron chi connectivity index (χ0n) is 29.5. The molecule has 0 saturated heterocycles. The highest BCUT2D eigenvalue weighted by Crippen LogP contribution is 2.29. The largest absolute Gasteiger partial charge is 0.493 e. The van der Waals surface area contributed by atoms with Crippen molar-refractivity contribution >= 4 is 23.9 Å². The molecule has 8 bridgehead atoms. The molecule has 0 aliphatic carbocycles. The van der Waals surface area contributed by atoms with Gasteiger partial charge in [0.25, 0.3) is 0 Å². The Hall–Kier alpha value is -6.04. The number of ether oxygens (including phenoxy) is 8. The molecule has 272 valence electrons. The van der Waals surface area contributed by atoms with E-state index in [0.29, 0.717) is 48.7 Å². The normalized spacial score (nSPS) is 13.3. The summed E-state index contributed by atoms with van der Waals surface area (Å²) >= 11 is 0. The van der Waals surface area contributed by atoms with Gasteiger partial charge in [0.2, 0.25) is 0 Å². The monoisotopic (exact) mass is 712 g/mol. The quantitative estimate of drug-likeness (QED) is 0.180. The minimum atomic E-state index is -0.559. The Morgan fingerprint density at radius 2 is 0.635 bits per heavy atom. The molecule has 10 aliphatic heterocycles. The number of methoxy groups -OCH3 is 4. The van der Waals surface area contributed by atoms with E-state index in [1.165, 1.54) is 28.4 Å². The van der Waals surface area contributed by atoms with Crippen LogP contribution in [0.3, 0.4) is 0 Å². The van der Waals surface area contributed by atoms with Gasteiger partial charge in [0.05, 0.1) is 54.9 Å². The van der Waals surface area contributed by atoms with Crippen LogP contribution in [0.1, 0.15) is 76.5 Å². The Balaban J connectivity index is 1.45. The second-order valence-electron chi connectivity index (χ2n) is 11.7.